The Labute approximate surface area is 90.4 Å². The number of halogens is 4. The molecule has 1 rings (SSSR count). The molecule has 0 atom stereocenters. The lowest BCUT2D eigenvalue weighted by Gasteiger charge is -2.06. The molecule has 3 nitrogen and oxygen atoms in total. The van der Waals surface area contributed by atoms with Gasteiger partial charge in [-0.1, -0.05) is 12.1 Å². The molecule has 0 amide bonds. The van der Waals surface area contributed by atoms with Gasteiger partial charge in [0.25, 0.3) is 0 Å². The molecule has 0 aliphatic carbocycles. The van der Waals surface area contributed by atoms with E-state index in [0.717, 1.165) is 12.1 Å². The van der Waals surface area contributed by atoms with Gasteiger partial charge in [0.05, 0.1) is 5.56 Å². The first kappa shape index (κ1) is 13.6. The summed E-state index contributed by atoms with van der Waals surface area (Å²) in [5.74, 6) is 4.87. The van der Waals surface area contributed by atoms with Crippen LogP contribution >= 0.6 is 12.4 Å². The summed E-state index contributed by atoms with van der Waals surface area (Å²) in [7, 11) is 0. The van der Waals surface area contributed by atoms with Gasteiger partial charge in [0.15, 0.2) is 0 Å². The minimum Gasteiger partial charge on any atom is -0.382 e. The van der Waals surface area contributed by atoms with Gasteiger partial charge in [-0.05, 0) is 12.1 Å². The van der Waals surface area contributed by atoms with E-state index < -0.39 is 11.7 Å². The topological polar surface area (TPSA) is 64.4 Å². The van der Waals surface area contributed by atoms with Crippen LogP contribution in [0.4, 0.5) is 13.2 Å². The molecule has 1 aromatic rings. The standard InChI is InChI=1S/C8H8F3N3.ClH/c9-8(10,11)6-3-1-5(2-4-6)7(12)14-13;/h1-4H,13H2,(H2,12,14);1H. The highest BCUT2D eigenvalue weighted by Crippen LogP contribution is 2.28. The highest BCUT2D eigenvalue weighted by molar-refractivity contribution is 5.97. The number of hydrogen-bond donors (Lipinski definition) is 2. The number of rotatable bonds is 1. The van der Waals surface area contributed by atoms with Crippen LogP contribution in [0.15, 0.2) is 29.4 Å². The molecule has 0 unspecified atom stereocenters. The van der Waals surface area contributed by atoms with Crippen molar-refractivity contribution in [1.82, 2.24) is 0 Å². The molecule has 0 spiro atoms. The van der Waals surface area contributed by atoms with Gasteiger partial charge < -0.3 is 11.6 Å². The summed E-state index contributed by atoms with van der Waals surface area (Å²) >= 11 is 0. The molecule has 0 aromatic heterocycles. The van der Waals surface area contributed by atoms with Crippen LogP contribution in [0, 0.1) is 0 Å². The third kappa shape index (κ3) is 3.32. The van der Waals surface area contributed by atoms with E-state index in [9.17, 15) is 13.2 Å². The van der Waals surface area contributed by atoms with E-state index in [1.807, 2.05) is 0 Å². The maximum Gasteiger partial charge on any atom is 0.416 e. The van der Waals surface area contributed by atoms with Crippen molar-refractivity contribution in [2.45, 2.75) is 6.18 Å². The molecule has 7 heteroatoms. The molecule has 0 saturated carbocycles. The van der Waals surface area contributed by atoms with Crippen LogP contribution < -0.4 is 11.6 Å². The predicted molar refractivity (Wildman–Crippen MR) is 53.6 cm³/mol. The number of alkyl halides is 3. The maximum atomic E-state index is 12.1. The van der Waals surface area contributed by atoms with E-state index >= 15 is 0 Å². The van der Waals surface area contributed by atoms with E-state index in [0.29, 0.717) is 5.56 Å². The van der Waals surface area contributed by atoms with Gasteiger partial charge in [0, 0.05) is 5.56 Å². The zero-order chi connectivity index (χ0) is 10.8. The number of nitrogens with zero attached hydrogens (tertiary/aromatic N) is 1. The lowest BCUT2D eigenvalue weighted by atomic mass is 10.1. The number of hydrogen-bond acceptors (Lipinski definition) is 2. The third-order valence-corrected chi connectivity index (χ3v) is 1.65. The Kier molecular flexibility index (Phi) is 4.41. The highest BCUT2D eigenvalue weighted by Gasteiger charge is 2.29. The van der Waals surface area contributed by atoms with Gasteiger partial charge in [0.2, 0.25) is 0 Å². The van der Waals surface area contributed by atoms with Crippen molar-refractivity contribution in [3.8, 4) is 0 Å². The number of amidine groups is 1. The second-order valence-corrected chi connectivity index (χ2v) is 2.59. The van der Waals surface area contributed by atoms with Crippen molar-refractivity contribution < 1.29 is 13.2 Å². The van der Waals surface area contributed by atoms with Crippen molar-refractivity contribution in [1.29, 1.82) is 0 Å². The molecule has 0 aliphatic heterocycles. The summed E-state index contributed by atoms with van der Waals surface area (Å²) in [5.41, 5.74) is 4.93. The molecular formula is C8H9ClF3N3. The van der Waals surface area contributed by atoms with E-state index in [1.165, 1.54) is 12.1 Å². The summed E-state index contributed by atoms with van der Waals surface area (Å²) in [6.07, 6.45) is -4.34. The van der Waals surface area contributed by atoms with E-state index in [-0.39, 0.29) is 18.2 Å². The zero-order valence-electron chi connectivity index (χ0n) is 7.45. The van der Waals surface area contributed by atoms with Crippen LogP contribution in [0.25, 0.3) is 0 Å². The van der Waals surface area contributed by atoms with Gasteiger partial charge in [0.1, 0.15) is 5.84 Å². The lowest BCUT2D eigenvalue weighted by molar-refractivity contribution is -0.137. The molecule has 0 heterocycles. The summed E-state index contributed by atoms with van der Waals surface area (Å²) in [4.78, 5) is 0. The maximum absolute atomic E-state index is 12.1. The summed E-state index contributed by atoms with van der Waals surface area (Å²) in [6.45, 7) is 0. The SMILES string of the molecule is Cl.N/N=C(\N)c1ccc(C(F)(F)F)cc1. The molecular weight excluding hydrogens is 231 g/mol. The fraction of sp³-hybridized carbons (Fsp3) is 0.125. The highest BCUT2D eigenvalue weighted by atomic mass is 35.5. The molecule has 15 heavy (non-hydrogen) atoms. The van der Waals surface area contributed by atoms with Crippen molar-refractivity contribution in [3.05, 3.63) is 35.4 Å². The largest absolute Gasteiger partial charge is 0.416 e. The molecule has 0 aliphatic rings. The minimum atomic E-state index is -4.34. The van der Waals surface area contributed by atoms with Crippen LogP contribution in [0.2, 0.25) is 0 Å². The number of benzene rings is 1. The Hall–Kier alpha value is -1.43. The van der Waals surface area contributed by atoms with Crippen LogP contribution in [-0.2, 0) is 6.18 Å². The molecule has 0 saturated heterocycles. The van der Waals surface area contributed by atoms with E-state index in [1.54, 1.807) is 0 Å². The zero-order valence-corrected chi connectivity index (χ0v) is 8.27. The van der Waals surface area contributed by atoms with Crippen molar-refractivity contribution in [3.63, 3.8) is 0 Å². The average molecular weight is 240 g/mol. The molecule has 1 aromatic carbocycles. The van der Waals surface area contributed by atoms with Crippen LogP contribution in [0.5, 0.6) is 0 Å². The Morgan fingerprint density at radius 3 is 1.93 bits per heavy atom. The van der Waals surface area contributed by atoms with Crippen LogP contribution in [0.1, 0.15) is 11.1 Å². The Morgan fingerprint density at radius 1 is 1.13 bits per heavy atom. The first-order valence-corrected chi connectivity index (χ1v) is 3.66. The van der Waals surface area contributed by atoms with Crippen molar-refractivity contribution >= 4 is 18.2 Å². The van der Waals surface area contributed by atoms with Gasteiger partial charge >= 0.3 is 6.18 Å². The Morgan fingerprint density at radius 2 is 1.60 bits per heavy atom. The monoisotopic (exact) mass is 239 g/mol. The second-order valence-electron chi connectivity index (χ2n) is 2.59. The average Bonchev–Trinajstić information content (AvgIpc) is 2.15. The summed E-state index contributed by atoms with van der Waals surface area (Å²) < 4.78 is 36.3. The molecule has 84 valence electrons. The van der Waals surface area contributed by atoms with E-state index in [2.05, 4.69) is 5.10 Å². The first-order valence-electron chi connectivity index (χ1n) is 3.66. The van der Waals surface area contributed by atoms with Crippen molar-refractivity contribution in [2.24, 2.45) is 16.7 Å². The first-order chi connectivity index (χ1) is 6.45. The van der Waals surface area contributed by atoms with Crippen LogP contribution in [-0.4, -0.2) is 5.84 Å². The minimum absolute atomic E-state index is 0. The third-order valence-electron chi connectivity index (χ3n) is 1.65. The number of hydrazone groups is 1. The fourth-order valence-electron chi connectivity index (χ4n) is 0.905. The predicted octanol–water partition coefficient (Wildman–Crippen LogP) is 1.71. The Bertz CT molecular complexity index is 345. The summed E-state index contributed by atoms with van der Waals surface area (Å²) in [6, 6.07) is 4.28. The Balaban J connectivity index is 0.00000196. The molecule has 0 bridgehead atoms. The molecule has 4 N–H and O–H groups in total. The normalized spacial score (nSPS) is 12.1. The summed E-state index contributed by atoms with van der Waals surface area (Å²) in [5, 5.41) is 3.16. The number of nitrogens with two attached hydrogens (primary N) is 2. The quantitative estimate of drug-likeness (QED) is 0.339. The van der Waals surface area contributed by atoms with Gasteiger partial charge in [-0.25, -0.2) is 0 Å². The van der Waals surface area contributed by atoms with Gasteiger partial charge in [-0.2, -0.15) is 18.3 Å². The lowest BCUT2D eigenvalue weighted by Crippen LogP contribution is -2.15. The smallest absolute Gasteiger partial charge is 0.382 e. The fourth-order valence-corrected chi connectivity index (χ4v) is 0.905. The second kappa shape index (κ2) is 4.88. The van der Waals surface area contributed by atoms with Crippen LogP contribution in [0.3, 0.4) is 0 Å². The molecule has 0 fully saturated rings. The van der Waals surface area contributed by atoms with Gasteiger partial charge in [-0.15, -0.1) is 12.4 Å². The van der Waals surface area contributed by atoms with Crippen molar-refractivity contribution in [2.75, 3.05) is 0 Å². The van der Waals surface area contributed by atoms with E-state index in [4.69, 9.17) is 11.6 Å². The van der Waals surface area contributed by atoms with Gasteiger partial charge in [-0.3, -0.25) is 0 Å². The molecule has 0 radical (unpaired) electrons.